The first-order chi connectivity index (χ1) is 11.8. The molecule has 1 aliphatic rings. The van der Waals surface area contributed by atoms with Crippen LogP contribution in [0.15, 0.2) is 41.9 Å². The van der Waals surface area contributed by atoms with Gasteiger partial charge in [-0.2, -0.15) is 0 Å². The van der Waals surface area contributed by atoms with Gasteiger partial charge in [-0.3, -0.25) is 0 Å². The topological polar surface area (TPSA) is 48.5 Å². The maximum absolute atomic E-state index is 12.4. The van der Waals surface area contributed by atoms with E-state index in [4.69, 9.17) is 0 Å². The van der Waals surface area contributed by atoms with Crippen LogP contribution < -0.4 is 10.2 Å². The molecule has 2 aromatic rings. The second-order valence-corrected chi connectivity index (χ2v) is 6.86. The van der Waals surface area contributed by atoms with Crippen LogP contribution in [0.5, 0.6) is 0 Å². The van der Waals surface area contributed by atoms with E-state index in [1.165, 1.54) is 5.56 Å². The van der Waals surface area contributed by atoms with Gasteiger partial charge in [-0.1, -0.05) is 37.3 Å². The highest BCUT2D eigenvalue weighted by molar-refractivity contribution is 7.13. The van der Waals surface area contributed by atoms with Crippen LogP contribution in [-0.4, -0.2) is 48.6 Å². The molecule has 1 atom stereocenters. The standard InChI is InChI=1S/C18H24N4OS/c1-2-15(16-6-4-3-5-7-16)14-20-17(23)21-9-11-22(12-10-21)18-19-8-13-24-18/h3-8,13,15H,2,9-12,14H2,1H3,(H,20,23). The molecule has 1 aromatic carbocycles. The zero-order valence-corrected chi connectivity index (χ0v) is 14.8. The fourth-order valence-corrected chi connectivity index (χ4v) is 3.72. The number of thiazole rings is 1. The number of carbonyl (C=O) groups excluding carboxylic acids is 1. The van der Waals surface area contributed by atoms with Crippen molar-refractivity contribution in [3.8, 4) is 0 Å². The molecule has 0 aliphatic carbocycles. The van der Waals surface area contributed by atoms with Crippen molar-refractivity contribution in [3.05, 3.63) is 47.5 Å². The van der Waals surface area contributed by atoms with Gasteiger partial charge >= 0.3 is 6.03 Å². The number of carbonyl (C=O) groups is 1. The highest BCUT2D eigenvalue weighted by Gasteiger charge is 2.22. The number of piperazine rings is 1. The first kappa shape index (κ1) is 16.8. The third-order valence-electron chi connectivity index (χ3n) is 4.52. The number of amides is 2. The van der Waals surface area contributed by atoms with Gasteiger partial charge in [0.1, 0.15) is 0 Å². The lowest BCUT2D eigenvalue weighted by molar-refractivity contribution is 0.193. The molecule has 1 unspecified atom stereocenters. The van der Waals surface area contributed by atoms with E-state index in [-0.39, 0.29) is 6.03 Å². The first-order valence-electron chi connectivity index (χ1n) is 8.50. The van der Waals surface area contributed by atoms with Crippen molar-refractivity contribution < 1.29 is 4.79 Å². The first-order valence-corrected chi connectivity index (χ1v) is 9.38. The molecular weight excluding hydrogens is 320 g/mol. The van der Waals surface area contributed by atoms with Crippen molar-refractivity contribution in [2.45, 2.75) is 19.3 Å². The van der Waals surface area contributed by atoms with Gasteiger partial charge in [-0.25, -0.2) is 9.78 Å². The van der Waals surface area contributed by atoms with E-state index in [9.17, 15) is 4.79 Å². The van der Waals surface area contributed by atoms with Crippen LogP contribution in [0, 0.1) is 0 Å². The molecule has 0 bridgehead atoms. The minimum Gasteiger partial charge on any atom is -0.345 e. The molecule has 1 N–H and O–H groups in total. The average molecular weight is 344 g/mol. The highest BCUT2D eigenvalue weighted by Crippen LogP contribution is 2.20. The molecule has 1 aliphatic heterocycles. The van der Waals surface area contributed by atoms with Gasteiger partial charge in [0.2, 0.25) is 0 Å². The maximum atomic E-state index is 12.4. The Labute approximate surface area is 147 Å². The summed E-state index contributed by atoms with van der Waals surface area (Å²) in [7, 11) is 0. The number of anilines is 1. The van der Waals surface area contributed by atoms with Crippen molar-refractivity contribution >= 4 is 22.5 Å². The molecular formula is C18H24N4OS. The monoisotopic (exact) mass is 344 g/mol. The second-order valence-electron chi connectivity index (χ2n) is 5.99. The number of nitrogens with zero attached hydrogens (tertiary/aromatic N) is 3. The summed E-state index contributed by atoms with van der Waals surface area (Å²) in [4.78, 5) is 20.9. The van der Waals surface area contributed by atoms with Crippen LogP contribution in [0.4, 0.5) is 9.93 Å². The van der Waals surface area contributed by atoms with Gasteiger partial charge in [-0.15, -0.1) is 11.3 Å². The lowest BCUT2D eigenvalue weighted by Gasteiger charge is -2.34. The Balaban J connectivity index is 1.47. The van der Waals surface area contributed by atoms with E-state index in [0.717, 1.165) is 37.7 Å². The molecule has 1 aromatic heterocycles. The fourth-order valence-electron chi connectivity index (χ4n) is 3.02. The summed E-state index contributed by atoms with van der Waals surface area (Å²) < 4.78 is 0. The zero-order chi connectivity index (χ0) is 16.8. The van der Waals surface area contributed by atoms with E-state index >= 15 is 0 Å². The Kier molecular flexibility index (Phi) is 5.69. The van der Waals surface area contributed by atoms with E-state index in [1.807, 2.05) is 22.5 Å². The number of urea groups is 1. The summed E-state index contributed by atoms with van der Waals surface area (Å²) in [5, 5.41) is 6.14. The molecule has 2 amide bonds. The number of benzene rings is 1. The fraction of sp³-hybridized carbons (Fsp3) is 0.444. The molecule has 24 heavy (non-hydrogen) atoms. The van der Waals surface area contributed by atoms with Crippen LogP contribution in [0.2, 0.25) is 0 Å². The minimum absolute atomic E-state index is 0.0446. The molecule has 2 heterocycles. The summed E-state index contributed by atoms with van der Waals surface area (Å²) in [5.41, 5.74) is 1.29. The SMILES string of the molecule is CCC(CNC(=O)N1CCN(c2nccs2)CC1)c1ccccc1. The summed E-state index contributed by atoms with van der Waals surface area (Å²) >= 11 is 1.65. The number of rotatable bonds is 5. The Morgan fingerprint density at radius 1 is 1.25 bits per heavy atom. The van der Waals surface area contributed by atoms with E-state index < -0.39 is 0 Å². The lowest BCUT2D eigenvalue weighted by atomic mass is 9.97. The molecule has 6 heteroatoms. The molecule has 5 nitrogen and oxygen atoms in total. The van der Waals surface area contributed by atoms with Gasteiger partial charge in [0, 0.05) is 50.2 Å². The maximum Gasteiger partial charge on any atom is 0.317 e. The molecule has 0 radical (unpaired) electrons. The Bertz CT molecular complexity index is 624. The van der Waals surface area contributed by atoms with E-state index in [2.05, 4.69) is 46.4 Å². The third kappa shape index (κ3) is 4.06. The predicted octanol–water partition coefficient (Wildman–Crippen LogP) is 3.17. The van der Waals surface area contributed by atoms with Crippen molar-refractivity contribution in [1.82, 2.24) is 15.2 Å². The highest BCUT2D eigenvalue weighted by atomic mass is 32.1. The Morgan fingerprint density at radius 3 is 2.62 bits per heavy atom. The van der Waals surface area contributed by atoms with Gasteiger partial charge in [0.05, 0.1) is 0 Å². The van der Waals surface area contributed by atoms with Gasteiger partial charge in [-0.05, 0) is 12.0 Å². The predicted molar refractivity (Wildman–Crippen MR) is 98.8 cm³/mol. The van der Waals surface area contributed by atoms with Crippen molar-refractivity contribution in [2.75, 3.05) is 37.6 Å². The van der Waals surface area contributed by atoms with Gasteiger partial charge in [0.15, 0.2) is 5.13 Å². The number of hydrogen-bond donors (Lipinski definition) is 1. The Morgan fingerprint density at radius 2 is 2.00 bits per heavy atom. The van der Waals surface area contributed by atoms with Gasteiger partial charge in [0.25, 0.3) is 0 Å². The van der Waals surface area contributed by atoms with Crippen LogP contribution in [0.25, 0.3) is 0 Å². The van der Waals surface area contributed by atoms with Crippen LogP contribution in [0.1, 0.15) is 24.8 Å². The summed E-state index contributed by atoms with van der Waals surface area (Å²) in [5.74, 6) is 0.367. The number of nitrogens with one attached hydrogen (secondary N) is 1. The second kappa shape index (κ2) is 8.15. The molecule has 128 valence electrons. The van der Waals surface area contributed by atoms with Crippen LogP contribution in [0.3, 0.4) is 0 Å². The van der Waals surface area contributed by atoms with Crippen molar-refractivity contribution in [3.63, 3.8) is 0 Å². The van der Waals surface area contributed by atoms with E-state index in [1.54, 1.807) is 11.3 Å². The van der Waals surface area contributed by atoms with E-state index in [0.29, 0.717) is 12.5 Å². The molecule has 0 saturated carbocycles. The zero-order valence-electron chi connectivity index (χ0n) is 14.0. The summed E-state index contributed by atoms with van der Waals surface area (Å²) in [6.07, 6.45) is 2.84. The molecule has 3 rings (SSSR count). The van der Waals surface area contributed by atoms with Crippen LogP contribution >= 0.6 is 11.3 Å². The van der Waals surface area contributed by atoms with Gasteiger partial charge < -0.3 is 15.1 Å². The van der Waals surface area contributed by atoms with Crippen molar-refractivity contribution in [1.29, 1.82) is 0 Å². The largest absolute Gasteiger partial charge is 0.345 e. The minimum atomic E-state index is 0.0446. The number of aromatic nitrogens is 1. The normalized spacial score (nSPS) is 16.0. The Hall–Kier alpha value is -2.08. The lowest BCUT2D eigenvalue weighted by Crippen LogP contribution is -2.52. The van der Waals surface area contributed by atoms with Crippen LogP contribution in [-0.2, 0) is 0 Å². The third-order valence-corrected chi connectivity index (χ3v) is 5.35. The summed E-state index contributed by atoms with van der Waals surface area (Å²) in [6, 6.07) is 10.4. The molecule has 1 fully saturated rings. The summed E-state index contributed by atoms with van der Waals surface area (Å²) in [6.45, 7) is 6.03. The quantitative estimate of drug-likeness (QED) is 0.906. The smallest absolute Gasteiger partial charge is 0.317 e. The molecule has 1 saturated heterocycles. The van der Waals surface area contributed by atoms with Crippen molar-refractivity contribution in [2.24, 2.45) is 0 Å². The molecule has 0 spiro atoms. The number of hydrogen-bond acceptors (Lipinski definition) is 4. The average Bonchev–Trinajstić information content (AvgIpc) is 3.18.